The van der Waals surface area contributed by atoms with Crippen LogP contribution in [0.15, 0.2) is 36.4 Å². The highest BCUT2D eigenvalue weighted by Crippen LogP contribution is 2.32. The van der Waals surface area contributed by atoms with E-state index >= 15 is 0 Å². The second-order valence-corrected chi connectivity index (χ2v) is 7.66. The third-order valence-corrected chi connectivity index (χ3v) is 5.18. The van der Waals surface area contributed by atoms with Crippen LogP contribution in [0.4, 0.5) is 5.69 Å². The van der Waals surface area contributed by atoms with Gasteiger partial charge in [-0.2, -0.15) is 0 Å². The topological polar surface area (TPSA) is 54.0 Å². The van der Waals surface area contributed by atoms with Gasteiger partial charge in [-0.3, -0.25) is 14.6 Å². The fraction of sp³-hybridized carbons (Fsp3) is 0.409. The summed E-state index contributed by atoms with van der Waals surface area (Å²) in [7, 11) is 0. The number of amides is 1. The van der Waals surface area contributed by atoms with Gasteiger partial charge in [0, 0.05) is 38.4 Å². The number of carbonyl (C=O) groups is 1. The third kappa shape index (κ3) is 4.64. The van der Waals surface area contributed by atoms with Crippen molar-refractivity contribution in [2.45, 2.75) is 20.4 Å². The van der Waals surface area contributed by atoms with Gasteiger partial charge in [-0.25, -0.2) is 0 Å². The maximum Gasteiger partial charge on any atom is 0.238 e. The Morgan fingerprint density at radius 1 is 0.929 bits per heavy atom. The fourth-order valence-electron chi connectivity index (χ4n) is 3.85. The first kappa shape index (κ1) is 18.8. The van der Waals surface area contributed by atoms with Crippen molar-refractivity contribution in [1.82, 2.24) is 9.80 Å². The van der Waals surface area contributed by atoms with E-state index < -0.39 is 0 Å². The number of rotatable bonds is 5. The van der Waals surface area contributed by atoms with Crippen molar-refractivity contribution in [1.29, 1.82) is 0 Å². The highest BCUT2D eigenvalue weighted by atomic mass is 16.7. The summed E-state index contributed by atoms with van der Waals surface area (Å²) in [5.74, 6) is 1.71. The molecule has 2 aliphatic rings. The van der Waals surface area contributed by atoms with Crippen LogP contribution in [0.5, 0.6) is 11.5 Å². The summed E-state index contributed by atoms with van der Waals surface area (Å²) < 4.78 is 10.8. The molecule has 0 aliphatic carbocycles. The number of hydrogen-bond donors (Lipinski definition) is 1. The van der Waals surface area contributed by atoms with Crippen molar-refractivity contribution in [3.05, 3.63) is 53.1 Å². The van der Waals surface area contributed by atoms with Gasteiger partial charge in [0.05, 0.1) is 6.54 Å². The first-order valence-electron chi connectivity index (χ1n) is 9.76. The number of ether oxygens (including phenoxy) is 2. The summed E-state index contributed by atoms with van der Waals surface area (Å²) in [6.45, 7) is 9.40. The van der Waals surface area contributed by atoms with Crippen molar-refractivity contribution in [3.8, 4) is 11.5 Å². The van der Waals surface area contributed by atoms with Crippen LogP contribution in [-0.2, 0) is 11.3 Å². The molecule has 1 saturated heterocycles. The summed E-state index contributed by atoms with van der Waals surface area (Å²) in [5, 5.41) is 3.03. The van der Waals surface area contributed by atoms with Gasteiger partial charge in [0.15, 0.2) is 11.5 Å². The van der Waals surface area contributed by atoms with E-state index in [1.54, 1.807) is 0 Å². The summed E-state index contributed by atoms with van der Waals surface area (Å²) in [6, 6.07) is 12.3. The molecule has 2 aliphatic heterocycles. The molecule has 4 rings (SSSR count). The molecule has 0 saturated carbocycles. The quantitative estimate of drug-likeness (QED) is 0.863. The van der Waals surface area contributed by atoms with Gasteiger partial charge >= 0.3 is 0 Å². The number of aryl methyl sites for hydroxylation is 2. The Kier molecular flexibility index (Phi) is 5.50. The van der Waals surface area contributed by atoms with Crippen LogP contribution in [0.2, 0.25) is 0 Å². The molecule has 2 heterocycles. The molecule has 148 valence electrons. The van der Waals surface area contributed by atoms with Crippen LogP contribution in [0.1, 0.15) is 16.7 Å². The molecule has 1 N–H and O–H groups in total. The van der Waals surface area contributed by atoms with E-state index in [9.17, 15) is 4.79 Å². The van der Waals surface area contributed by atoms with Crippen LogP contribution < -0.4 is 14.8 Å². The molecule has 1 amide bonds. The molecule has 6 nitrogen and oxygen atoms in total. The molecule has 0 radical (unpaired) electrons. The lowest BCUT2D eigenvalue weighted by Crippen LogP contribution is -2.48. The molecular weight excluding hydrogens is 354 g/mol. The van der Waals surface area contributed by atoms with Crippen LogP contribution >= 0.6 is 0 Å². The zero-order valence-corrected chi connectivity index (χ0v) is 16.5. The monoisotopic (exact) mass is 381 g/mol. The molecule has 6 heteroatoms. The molecular formula is C22H27N3O3. The van der Waals surface area contributed by atoms with Crippen molar-refractivity contribution in [2.24, 2.45) is 0 Å². The van der Waals surface area contributed by atoms with Gasteiger partial charge in [0.2, 0.25) is 12.7 Å². The Morgan fingerprint density at radius 3 is 2.36 bits per heavy atom. The number of anilines is 1. The number of carbonyl (C=O) groups excluding carboxylic acids is 1. The van der Waals surface area contributed by atoms with Gasteiger partial charge in [-0.15, -0.1) is 0 Å². The molecule has 28 heavy (non-hydrogen) atoms. The first-order valence-corrected chi connectivity index (χ1v) is 9.76. The number of fused-ring (bicyclic) bond motifs is 1. The fourth-order valence-corrected chi connectivity index (χ4v) is 3.85. The van der Waals surface area contributed by atoms with Crippen LogP contribution in [-0.4, -0.2) is 55.2 Å². The van der Waals surface area contributed by atoms with E-state index in [2.05, 4.69) is 33.3 Å². The van der Waals surface area contributed by atoms with Gasteiger partial charge in [0.25, 0.3) is 0 Å². The maximum absolute atomic E-state index is 12.4. The SMILES string of the molecule is Cc1cc(C)cc(NC(=O)CN2CCN(Cc3ccc4c(c3)OCO4)CC2)c1. The average Bonchev–Trinajstić information content (AvgIpc) is 3.10. The molecule has 0 bridgehead atoms. The predicted molar refractivity (Wildman–Crippen MR) is 109 cm³/mol. The second kappa shape index (κ2) is 8.20. The molecule has 0 spiro atoms. The second-order valence-electron chi connectivity index (χ2n) is 7.66. The van der Waals surface area contributed by atoms with Gasteiger partial charge in [0.1, 0.15) is 0 Å². The Morgan fingerprint density at radius 2 is 1.61 bits per heavy atom. The average molecular weight is 381 g/mol. The number of benzene rings is 2. The lowest BCUT2D eigenvalue weighted by Gasteiger charge is -2.34. The smallest absolute Gasteiger partial charge is 0.238 e. The zero-order chi connectivity index (χ0) is 19.5. The van der Waals surface area contributed by atoms with E-state index in [1.165, 1.54) is 5.56 Å². The summed E-state index contributed by atoms with van der Waals surface area (Å²) >= 11 is 0. The maximum atomic E-state index is 12.4. The Hall–Kier alpha value is -2.57. The van der Waals surface area contributed by atoms with Crippen molar-refractivity contribution in [3.63, 3.8) is 0 Å². The molecule has 0 aromatic heterocycles. The molecule has 1 fully saturated rings. The minimum atomic E-state index is 0.0502. The predicted octanol–water partition coefficient (Wildman–Crippen LogP) is 2.79. The number of hydrogen-bond acceptors (Lipinski definition) is 5. The largest absolute Gasteiger partial charge is 0.454 e. The lowest BCUT2D eigenvalue weighted by atomic mass is 10.1. The highest BCUT2D eigenvalue weighted by Gasteiger charge is 2.20. The summed E-state index contributed by atoms with van der Waals surface area (Å²) in [5.41, 5.74) is 4.43. The Bertz CT molecular complexity index is 840. The Labute approximate surface area is 166 Å². The highest BCUT2D eigenvalue weighted by molar-refractivity contribution is 5.92. The van der Waals surface area contributed by atoms with E-state index in [4.69, 9.17) is 9.47 Å². The first-order chi connectivity index (χ1) is 13.5. The van der Waals surface area contributed by atoms with Crippen molar-refractivity contribution < 1.29 is 14.3 Å². The minimum Gasteiger partial charge on any atom is -0.454 e. The van der Waals surface area contributed by atoms with Crippen molar-refractivity contribution >= 4 is 11.6 Å². The number of nitrogens with zero attached hydrogens (tertiary/aromatic N) is 2. The number of nitrogens with one attached hydrogen (secondary N) is 1. The lowest BCUT2D eigenvalue weighted by molar-refractivity contribution is -0.117. The molecule has 0 atom stereocenters. The standard InChI is InChI=1S/C22H27N3O3/c1-16-9-17(2)11-19(10-16)23-22(26)14-25-7-5-24(6-8-25)13-18-3-4-20-21(12-18)28-15-27-20/h3-4,9-12H,5-8,13-15H2,1-2H3,(H,23,26). The minimum absolute atomic E-state index is 0.0502. The van der Waals surface area contributed by atoms with Crippen molar-refractivity contribution in [2.75, 3.05) is 44.8 Å². The van der Waals surface area contributed by atoms with E-state index in [0.717, 1.165) is 61.0 Å². The summed E-state index contributed by atoms with van der Waals surface area (Å²) in [4.78, 5) is 17.0. The molecule has 2 aromatic carbocycles. The Balaban J connectivity index is 1.24. The zero-order valence-electron chi connectivity index (χ0n) is 16.5. The van der Waals surface area contributed by atoms with Gasteiger partial charge in [-0.1, -0.05) is 12.1 Å². The van der Waals surface area contributed by atoms with Crippen LogP contribution in [0, 0.1) is 13.8 Å². The normalized spacial score (nSPS) is 16.9. The van der Waals surface area contributed by atoms with Crippen LogP contribution in [0.3, 0.4) is 0 Å². The van der Waals surface area contributed by atoms with E-state index in [0.29, 0.717) is 13.3 Å². The van der Waals surface area contributed by atoms with E-state index in [-0.39, 0.29) is 5.91 Å². The number of piperazine rings is 1. The van der Waals surface area contributed by atoms with Crippen LogP contribution in [0.25, 0.3) is 0 Å². The molecule has 0 unspecified atom stereocenters. The van der Waals surface area contributed by atoms with Gasteiger partial charge in [-0.05, 0) is 54.8 Å². The van der Waals surface area contributed by atoms with Gasteiger partial charge < -0.3 is 14.8 Å². The molecule has 2 aromatic rings. The third-order valence-electron chi connectivity index (χ3n) is 5.18. The summed E-state index contributed by atoms with van der Waals surface area (Å²) in [6.07, 6.45) is 0. The van der Waals surface area contributed by atoms with E-state index in [1.807, 2.05) is 32.0 Å².